The first-order valence-electron chi connectivity index (χ1n) is 12.9. The predicted octanol–water partition coefficient (Wildman–Crippen LogP) is 4.49. The van der Waals surface area contributed by atoms with E-state index >= 15 is 0 Å². The van der Waals surface area contributed by atoms with Crippen LogP contribution in [0.3, 0.4) is 0 Å². The molecule has 8 nitrogen and oxygen atoms in total. The summed E-state index contributed by atoms with van der Waals surface area (Å²) in [5.41, 5.74) is 2.41. The molecule has 2 N–H and O–H groups in total. The van der Waals surface area contributed by atoms with Crippen LogP contribution in [-0.4, -0.2) is 63.0 Å². The molecule has 0 spiro atoms. The van der Waals surface area contributed by atoms with E-state index in [1.807, 2.05) is 30.8 Å². The lowest BCUT2D eigenvalue weighted by atomic mass is 9.90. The van der Waals surface area contributed by atoms with Crippen molar-refractivity contribution in [2.75, 3.05) is 36.9 Å². The summed E-state index contributed by atoms with van der Waals surface area (Å²) in [6.07, 6.45) is 14.8. The SMILES string of the molecule is Cn1cc(Nc2nc(NC3CCC(N4CCOCC4)CC3)c3c4c(sc3n2)CCCCC4)cn1. The highest BCUT2D eigenvalue weighted by Crippen LogP contribution is 2.39. The molecule has 3 aromatic heterocycles. The normalized spacial score (nSPS) is 24.0. The maximum atomic E-state index is 5.55. The van der Waals surface area contributed by atoms with Crippen molar-refractivity contribution in [1.29, 1.82) is 0 Å². The van der Waals surface area contributed by atoms with Gasteiger partial charge >= 0.3 is 0 Å². The molecular weight excluding hydrogens is 446 g/mol. The smallest absolute Gasteiger partial charge is 0.230 e. The quantitative estimate of drug-likeness (QED) is 0.520. The van der Waals surface area contributed by atoms with Crippen molar-refractivity contribution in [3.63, 3.8) is 0 Å². The summed E-state index contributed by atoms with van der Waals surface area (Å²) in [7, 11) is 1.92. The van der Waals surface area contributed by atoms with Crippen LogP contribution in [0.2, 0.25) is 0 Å². The Labute approximate surface area is 205 Å². The van der Waals surface area contributed by atoms with Crippen LogP contribution in [0.25, 0.3) is 10.2 Å². The fourth-order valence-electron chi connectivity index (χ4n) is 5.83. The topological polar surface area (TPSA) is 80.1 Å². The molecule has 1 aliphatic heterocycles. The van der Waals surface area contributed by atoms with E-state index in [2.05, 4.69) is 20.6 Å². The van der Waals surface area contributed by atoms with Gasteiger partial charge in [0.1, 0.15) is 10.6 Å². The van der Waals surface area contributed by atoms with Crippen molar-refractivity contribution in [2.45, 2.75) is 69.9 Å². The highest BCUT2D eigenvalue weighted by molar-refractivity contribution is 7.19. The number of fused-ring (bicyclic) bond motifs is 3. The van der Waals surface area contributed by atoms with E-state index in [9.17, 15) is 0 Å². The first kappa shape index (κ1) is 22.2. The Bertz CT molecular complexity index is 1130. The molecule has 3 aliphatic rings. The molecule has 0 radical (unpaired) electrons. The average Bonchev–Trinajstić information content (AvgIpc) is 3.34. The minimum atomic E-state index is 0.461. The van der Waals surface area contributed by atoms with Crippen molar-refractivity contribution >= 4 is 39.0 Å². The average molecular weight is 482 g/mol. The number of nitrogens with one attached hydrogen (secondary N) is 2. The van der Waals surface area contributed by atoms with Crippen molar-refractivity contribution < 1.29 is 4.74 Å². The Morgan fingerprint density at radius 1 is 1.03 bits per heavy atom. The van der Waals surface area contributed by atoms with Crippen molar-refractivity contribution in [3.8, 4) is 0 Å². The van der Waals surface area contributed by atoms with Gasteiger partial charge in [0, 0.05) is 43.3 Å². The van der Waals surface area contributed by atoms with Crippen LogP contribution in [-0.2, 0) is 24.6 Å². The van der Waals surface area contributed by atoms with Gasteiger partial charge in [-0.05, 0) is 56.9 Å². The molecule has 2 aliphatic carbocycles. The molecule has 9 heteroatoms. The van der Waals surface area contributed by atoms with Gasteiger partial charge in [0.15, 0.2) is 0 Å². The standard InChI is InChI=1S/C25H35N7OS/c1-31-16-18(15-26-31)28-25-29-23(22-20-5-3-2-4-6-21(20)34-24(22)30-25)27-17-7-9-19(10-8-17)32-11-13-33-14-12-32/h15-17,19H,2-14H2,1H3,(H2,27,28,29,30). The lowest BCUT2D eigenvalue weighted by Crippen LogP contribution is -2.46. The molecule has 0 atom stereocenters. The zero-order valence-electron chi connectivity index (χ0n) is 20.1. The zero-order chi connectivity index (χ0) is 22.9. The number of aryl methyl sites for hydroxylation is 3. The zero-order valence-corrected chi connectivity index (χ0v) is 20.9. The fraction of sp³-hybridized carbons (Fsp3) is 0.640. The largest absolute Gasteiger partial charge is 0.379 e. The molecule has 0 amide bonds. The summed E-state index contributed by atoms with van der Waals surface area (Å²) in [4.78, 5) is 15.2. The summed E-state index contributed by atoms with van der Waals surface area (Å²) in [5, 5.41) is 12.8. The molecule has 0 unspecified atom stereocenters. The Morgan fingerprint density at radius 3 is 2.65 bits per heavy atom. The fourth-order valence-corrected chi connectivity index (χ4v) is 7.09. The van der Waals surface area contributed by atoms with E-state index in [0.29, 0.717) is 18.0 Å². The summed E-state index contributed by atoms with van der Waals surface area (Å²) in [6, 6.07) is 1.16. The van der Waals surface area contributed by atoms with Crippen LogP contribution in [0.4, 0.5) is 17.5 Å². The Morgan fingerprint density at radius 2 is 1.85 bits per heavy atom. The molecule has 2 fully saturated rings. The van der Waals surface area contributed by atoms with Crippen molar-refractivity contribution in [2.24, 2.45) is 7.05 Å². The van der Waals surface area contributed by atoms with Gasteiger partial charge in [-0.1, -0.05) is 6.42 Å². The molecular formula is C25H35N7OS. The van der Waals surface area contributed by atoms with Gasteiger partial charge in [-0.2, -0.15) is 10.1 Å². The Balaban J connectivity index is 1.26. The highest BCUT2D eigenvalue weighted by Gasteiger charge is 2.28. The van der Waals surface area contributed by atoms with Crippen LogP contribution in [0.1, 0.15) is 55.4 Å². The highest BCUT2D eigenvalue weighted by atomic mass is 32.1. The first-order valence-corrected chi connectivity index (χ1v) is 13.7. The summed E-state index contributed by atoms with van der Waals surface area (Å²) < 4.78 is 7.35. The molecule has 4 heterocycles. The van der Waals surface area contributed by atoms with E-state index in [-0.39, 0.29) is 0 Å². The first-order chi connectivity index (χ1) is 16.7. The lowest BCUT2D eigenvalue weighted by Gasteiger charge is -2.39. The molecule has 0 bridgehead atoms. The van der Waals surface area contributed by atoms with E-state index < -0.39 is 0 Å². The van der Waals surface area contributed by atoms with E-state index in [1.54, 1.807) is 4.68 Å². The van der Waals surface area contributed by atoms with Crippen LogP contribution in [0, 0.1) is 0 Å². The lowest BCUT2D eigenvalue weighted by molar-refractivity contribution is 0.00791. The van der Waals surface area contributed by atoms with Gasteiger partial charge in [-0.25, -0.2) is 4.98 Å². The number of hydrogen-bond donors (Lipinski definition) is 2. The third-order valence-electron chi connectivity index (χ3n) is 7.63. The van der Waals surface area contributed by atoms with Crippen molar-refractivity contribution in [1.82, 2.24) is 24.6 Å². The number of hydrogen-bond acceptors (Lipinski definition) is 8. The molecule has 1 saturated carbocycles. The molecule has 3 aromatic rings. The van der Waals surface area contributed by atoms with Gasteiger partial charge in [0.2, 0.25) is 5.95 Å². The van der Waals surface area contributed by atoms with E-state index in [0.717, 1.165) is 49.1 Å². The molecule has 34 heavy (non-hydrogen) atoms. The van der Waals surface area contributed by atoms with Gasteiger partial charge < -0.3 is 15.4 Å². The van der Waals surface area contributed by atoms with Crippen LogP contribution >= 0.6 is 11.3 Å². The maximum Gasteiger partial charge on any atom is 0.230 e. The minimum Gasteiger partial charge on any atom is -0.379 e. The third kappa shape index (κ3) is 4.65. The molecule has 0 aromatic carbocycles. The summed E-state index contributed by atoms with van der Waals surface area (Å²) in [5.74, 6) is 1.67. The summed E-state index contributed by atoms with van der Waals surface area (Å²) in [6.45, 7) is 3.93. The Kier molecular flexibility index (Phi) is 6.41. The molecule has 1 saturated heterocycles. The third-order valence-corrected chi connectivity index (χ3v) is 8.81. The van der Waals surface area contributed by atoms with E-state index in [1.165, 1.54) is 67.2 Å². The van der Waals surface area contributed by atoms with Gasteiger partial charge in [-0.3, -0.25) is 9.58 Å². The van der Waals surface area contributed by atoms with Crippen molar-refractivity contribution in [3.05, 3.63) is 22.8 Å². The Hall–Kier alpha value is -2.23. The van der Waals surface area contributed by atoms with Crippen LogP contribution in [0.5, 0.6) is 0 Å². The van der Waals surface area contributed by atoms with Gasteiger partial charge in [0.05, 0.1) is 30.5 Å². The maximum absolute atomic E-state index is 5.55. The van der Waals surface area contributed by atoms with Gasteiger partial charge in [0.25, 0.3) is 0 Å². The second kappa shape index (κ2) is 9.79. The number of ether oxygens (including phenoxy) is 1. The number of thiophene rings is 1. The number of nitrogens with zero attached hydrogens (tertiary/aromatic N) is 5. The predicted molar refractivity (Wildman–Crippen MR) is 137 cm³/mol. The number of rotatable bonds is 5. The van der Waals surface area contributed by atoms with Crippen LogP contribution < -0.4 is 10.6 Å². The summed E-state index contributed by atoms with van der Waals surface area (Å²) >= 11 is 1.87. The minimum absolute atomic E-state index is 0.461. The number of anilines is 3. The second-order valence-corrected chi connectivity index (χ2v) is 11.0. The number of morpholine rings is 1. The monoisotopic (exact) mass is 481 g/mol. The molecule has 182 valence electrons. The van der Waals surface area contributed by atoms with E-state index in [4.69, 9.17) is 14.7 Å². The number of aromatic nitrogens is 4. The van der Waals surface area contributed by atoms with Gasteiger partial charge in [-0.15, -0.1) is 11.3 Å². The second-order valence-electron chi connectivity index (χ2n) is 9.97. The molecule has 6 rings (SSSR count). The van der Waals surface area contributed by atoms with Crippen LogP contribution in [0.15, 0.2) is 12.4 Å².